The van der Waals surface area contributed by atoms with Gasteiger partial charge in [0.15, 0.2) is 0 Å². The number of fused-ring (bicyclic) bond motifs is 1. The van der Waals surface area contributed by atoms with Gasteiger partial charge < -0.3 is 9.47 Å². The highest BCUT2D eigenvalue weighted by Gasteiger charge is 2.22. The third-order valence-electron chi connectivity index (χ3n) is 5.02. The molecule has 25 heavy (non-hydrogen) atoms. The first-order chi connectivity index (χ1) is 12.2. The highest BCUT2D eigenvalue weighted by atomic mass is 16.2. The van der Waals surface area contributed by atoms with Gasteiger partial charge in [0.1, 0.15) is 12.4 Å². The number of carbonyl (C=O) groups excluding carboxylic acids is 1. The van der Waals surface area contributed by atoms with Gasteiger partial charge in [0.25, 0.3) is 0 Å². The highest BCUT2D eigenvalue weighted by Crippen LogP contribution is 2.25. The van der Waals surface area contributed by atoms with Crippen LogP contribution >= 0.6 is 0 Å². The lowest BCUT2D eigenvalue weighted by atomic mass is 9.99. The van der Waals surface area contributed by atoms with Gasteiger partial charge in [-0.1, -0.05) is 19.1 Å². The number of imidazole rings is 1. The fourth-order valence-corrected chi connectivity index (χ4v) is 3.45. The summed E-state index contributed by atoms with van der Waals surface area (Å²) in [5, 5.41) is 0. The second-order valence-electron chi connectivity index (χ2n) is 6.81. The summed E-state index contributed by atoms with van der Waals surface area (Å²) in [6.07, 6.45) is 5.70. The lowest BCUT2D eigenvalue weighted by Crippen LogP contribution is -2.39. The van der Waals surface area contributed by atoms with E-state index >= 15 is 0 Å². The Labute approximate surface area is 147 Å². The molecule has 0 atom stereocenters. The fourth-order valence-electron chi connectivity index (χ4n) is 3.45. The Morgan fingerprint density at radius 2 is 1.84 bits per heavy atom. The van der Waals surface area contributed by atoms with Gasteiger partial charge in [0, 0.05) is 31.0 Å². The second-order valence-corrected chi connectivity index (χ2v) is 6.81. The molecule has 5 nitrogen and oxygen atoms in total. The molecule has 1 aliphatic rings. The third kappa shape index (κ3) is 3.14. The molecule has 0 N–H and O–H groups in total. The van der Waals surface area contributed by atoms with Crippen molar-refractivity contribution in [2.75, 3.05) is 13.1 Å². The van der Waals surface area contributed by atoms with E-state index in [0.29, 0.717) is 12.5 Å². The van der Waals surface area contributed by atoms with Crippen molar-refractivity contribution in [3.63, 3.8) is 0 Å². The summed E-state index contributed by atoms with van der Waals surface area (Å²) in [7, 11) is 0. The van der Waals surface area contributed by atoms with Gasteiger partial charge in [-0.3, -0.25) is 9.78 Å². The molecule has 1 amide bonds. The standard InChI is InChI=1S/C20H22N4O/c1-15-8-12-23(13-9-15)19(25)14-24-18-5-3-2-4-17(18)22-20(24)16-6-10-21-11-7-16/h2-7,10-11,15H,8-9,12-14H2,1H3. The topological polar surface area (TPSA) is 51.0 Å². The van der Waals surface area contributed by atoms with E-state index in [1.807, 2.05) is 45.9 Å². The summed E-state index contributed by atoms with van der Waals surface area (Å²) < 4.78 is 2.03. The van der Waals surface area contributed by atoms with E-state index in [1.165, 1.54) is 0 Å². The van der Waals surface area contributed by atoms with Crippen LogP contribution in [0.2, 0.25) is 0 Å². The quantitative estimate of drug-likeness (QED) is 0.738. The molecule has 1 saturated heterocycles. The van der Waals surface area contributed by atoms with Gasteiger partial charge >= 0.3 is 0 Å². The van der Waals surface area contributed by atoms with Crippen LogP contribution < -0.4 is 0 Å². The molecule has 0 spiro atoms. The smallest absolute Gasteiger partial charge is 0.242 e. The van der Waals surface area contributed by atoms with E-state index in [1.54, 1.807) is 12.4 Å². The maximum absolute atomic E-state index is 12.9. The fraction of sp³-hybridized carbons (Fsp3) is 0.350. The number of para-hydroxylation sites is 2. The van der Waals surface area contributed by atoms with Crippen molar-refractivity contribution >= 4 is 16.9 Å². The van der Waals surface area contributed by atoms with E-state index in [4.69, 9.17) is 4.98 Å². The first kappa shape index (κ1) is 15.8. The predicted octanol–water partition coefficient (Wildman–Crippen LogP) is 3.36. The lowest BCUT2D eigenvalue weighted by molar-refractivity contribution is -0.133. The Morgan fingerprint density at radius 3 is 2.60 bits per heavy atom. The first-order valence-corrected chi connectivity index (χ1v) is 8.86. The number of carbonyl (C=O) groups is 1. The number of amides is 1. The van der Waals surface area contributed by atoms with Crippen molar-refractivity contribution in [2.45, 2.75) is 26.3 Å². The monoisotopic (exact) mass is 334 g/mol. The van der Waals surface area contributed by atoms with E-state index in [0.717, 1.165) is 48.4 Å². The van der Waals surface area contributed by atoms with E-state index in [9.17, 15) is 4.79 Å². The number of hydrogen-bond donors (Lipinski definition) is 0. The summed E-state index contributed by atoms with van der Waals surface area (Å²) in [6, 6.07) is 11.9. The van der Waals surface area contributed by atoms with Crippen molar-refractivity contribution in [1.29, 1.82) is 0 Å². The highest BCUT2D eigenvalue weighted by molar-refractivity contribution is 5.84. The average Bonchev–Trinajstić information content (AvgIpc) is 3.02. The molecule has 1 aromatic carbocycles. The predicted molar refractivity (Wildman–Crippen MR) is 97.9 cm³/mol. The summed E-state index contributed by atoms with van der Waals surface area (Å²) in [4.78, 5) is 23.7. The zero-order valence-corrected chi connectivity index (χ0v) is 14.4. The number of aromatic nitrogens is 3. The maximum Gasteiger partial charge on any atom is 0.242 e. The van der Waals surface area contributed by atoms with Gasteiger partial charge in [-0.2, -0.15) is 0 Å². The van der Waals surface area contributed by atoms with Crippen molar-refractivity contribution in [2.24, 2.45) is 5.92 Å². The minimum Gasteiger partial charge on any atom is -0.341 e. The summed E-state index contributed by atoms with van der Waals surface area (Å²) >= 11 is 0. The molecule has 3 heterocycles. The molecule has 4 rings (SSSR count). The lowest BCUT2D eigenvalue weighted by Gasteiger charge is -2.30. The Kier molecular flexibility index (Phi) is 4.22. The van der Waals surface area contributed by atoms with Crippen LogP contribution in [0, 0.1) is 5.92 Å². The van der Waals surface area contributed by atoms with Crippen molar-refractivity contribution in [3.8, 4) is 11.4 Å². The van der Waals surface area contributed by atoms with Gasteiger partial charge in [-0.15, -0.1) is 0 Å². The van der Waals surface area contributed by atoms with Crippen LogP contribution in [-0.4, -0.2) is 38.4 Å². The van der Waals surface area contributed by atoms with Gasteiger partial charge in [-0.05, 0) is 43.0 Å². The Morgan fingerprint density at radius 1 is 1.12 bits per heavy atom. The van der Waals surface area contributed by atoms with Crippen molar-refractivity contribution in [1.82, 2.24) is 19.4 Å². The van der Waals surface area contributed by atoms with Crippen LogP contribution in [-0.2, 0) is 11.3 Å². The van der Waals surface area contributed by atoms with E-state index in [-0.39, 0.29) is 5.91 Å². The number of likely N-dealkylation sites (tertiary alicyclic amines) is 1. The minimum absolute atomic E-state index is 0.172. The minimum atomic E-state index is 0.172. The molecule has 0 unspecified atom stereocenters. The number of benzene rings is 1. The molecule has 5 heteroatoms. The molecule has 1 fully saturated rings. The number of piperidine rings is 1. The second kappa shape index (κ2) is 6.67. The molecule has 0 radical (unpaired) electrons. The Hall–Kier alpha value is -2.69. The first-order valence-electron chi connectivity index (χ1n) is 8.86. The molecule has 0 bridgehead atoms. The molecular weight excluding hydrogens is 312 g/mol. The van der Waals surface area contributed by atoms with Gasteiger partial charge in [0.2, 0.25) is 5.91 Å². The number of nitrogens with zero attached hydrogens (tertiary/aromatic N) is 4. The van der Waals surface area contributed by atoms with Gasteiger partial charge in [0.05, 0.1) is 11.0 Å². The van der Waals surface area contributed by atoms with E-state index < -0.39 is 0 Å². The van der Waals surface area contributed by atoms with E-state index in [2.05, 4.69) is 11.9 Å². The normalized spacial score (nSPS) is 15.6. The average molecular weight is 334 g/mol. The Balaban J connectivity index is 1.69. The Bertz CT molecular complexity index is 879. The zero-order valence-electron chi connectivity index (χ0n) is 14.4. The molecule has 2 aromatic heterocycles. The van der Waals surface area contributed by atoms with Crippen LogP contribution in [0.15, 0.2) is 48.8 Å². The number of hydrogen-bond acceptors (Lipinski definition) is 3. The summed E-state index contributed by atoms with van der Waals surface area (Å²) in [5.41, 5.74) is 2.88. The summed E-state index contributed by atoms with van der Waals surface area (Å²) in [5.74, 6) is 1.71. The molecule has 1 aliphatic heterocycles. The molecule has 0 saturated carbocycles. The number of pyridine rings is 1. The third-order valence-corrected chi connectivity index (χ3v) is 5.02. The number of rotatable bonds is 3. The molecule has 3 aromatic rings. The van der Waals surface area contributed by atoms with Crippen LogP contribution in [0.4, 0.5) is 0 Å². The maximum atomic E-state index is 12.9. The molecule has 128 valence electrons. The van der Waals surface area contributed by atoms with Crippen molar-refractivity contribution in [3.05, 3.63) is 48.8 Å². The molecular formula is C20H22N4O. The zero-order chi connectivity index (χ0) is 17.2. The van der Waals surface area contributed by atoms with Gasteiger partial charge in [-0.25, -0.2) is 4.98 Å². The largest absolute Gasteiger partial charge is 0.341 e. The SMILES string of the molecule is CC1CCN(C(=O)Cn2c(-c3ccncc3)nc3ccccc32)CC1. The molecule has 0 aliphatic carbocycles. The van der Waals surface area contributed by atoms with Crippen LogP contribution in [0.25, 0.3) is 22.4 Å². The van der Waals surface area contributed by atoms with Crippen molar-refractivity contribution < 1.29 is 4.79 Å². The van der Waals surface area contributed by atoms with Crippen LogP contribution in [0.1, 0.15) is 19.8 Å². The summed E-state index contributed by atoms with van der Waals surface area (Å²) in [6.45, 7) is 4.30. The van der Waals surface area contributed by atoms with Crippen LogP contribution in [0.3, 0.4) is 0 Å². The van der Waals surface area contributed by atoms with Crippen LogP contribution in [0.5, 0.6) is 0 Å².